The van der Waals surface area contributed by atoms with Gasteiger partial charge in [-0.05, 0) is 123 Å². The van der Waals surface area contributed by atoms with Gasteiger partial charge in [-0.2, -0.15) is 6.67 Å². The molecule has 256 valence electrons. The van der Waals surface area contributed by atoms with Crippen molar-refractivity contribution in [3.63, 3.8) is 0 Å². The van der Waals surface area contributed by atoms with E-state index < -0.39 is 13.5 Å². The fraction of sp³-hybridized carbons (Fsp3) is 0.250. The summed E-state index contributed by atoms with van der Waals surface area (Å²) in [4.78, 5) is 12.6. The van der Waals surface area contributed by atoms with Gasteiger partial charge in [0.05, 0.1) is 0 Å². The minimum absolute atomic E-state index is 1.04. The van der Waals surface area contributed by atoms with Crippen molar-refractivity contribution in [1.82, 2.24) is 9.97 Å². The van der Waals surface area contributed by atoms with Crippen LogP contribution in [0, 0.1) is 62.1 Å². The molecule has 1 aliphatic heterocycles. The first-order valence-corrected chi connectivity index (χ1v) is 22.0. The van der Waals surface area contributed by atoms with Crippen LogP contribution in [0.15, 0.2) is 102 Å². The molecule has 0 spiro atoms. The predicted molar refractivity (Wildman–Crippen MR) is 209 cm³/mol. The minimum atomic E-state index is -1.61. The third kappa shape index (κ3) is 12.9. The number of aryl methyl sites for hydroxylation is 8. The van der Waals surface area contributed by atoms with Crippen LogP contribution in [-0.4, -0.2) is 27.7 Å². The monoisotopic (exact) mass is 833 g/mol. The summed E-state index contributed by atoms with van der Waals surface area (Å²) in [5, 5.41) is 0. The summed E-state index contributed by atoms with van der Waals surface area (Å²) in [6, 6.07) is 24.9. The number of aromatic nitrogens is 2. The van der Waals surface area contributed by atoms with Crippen LogP contribution in [0.5, 0.6) is 0 Å². The van der Waals surface area contributed by atoms with Crippen molar-refractivity contribution in [2.75, 3.05) is 22.9 Å². The van der Waals surface area contributed by atoms with Crippen molar-refractivity contribution in [2.45, 2.75) is 55.4 Å². The topological polar surface area (TPSA) is 32.3 Å². The van der Waals surface area contributed by atoms with Gasteiger partial charge in [0.1, 0.15) is 0 Å². The van der Waals surface area contributed by atoms with Gasteiger partial charge in [-0.1, -0.05) is 35.4 Å². The molecular weight excluding hydrogens is 788 g/mol. The number of benzene rings is 3. The number of hydrogen-bond acceptors (Lipinski definition) is 4. The van der Waals surface area contributed by atoms with Gasteiger partial charge in [0.2, 0.25) is 0 Å². The van der Waals surface area contributed by atoms with Crippen LogP contribution in [0.4, 0.5) is 11.4 Å². The van der Waals surface area contributed by atoms with E-state index in [0.717, 1.165) is 23.1 Å². The third-order valence-corrected chi connectivity index (χ3v) is 10.2. The summed E-state index contributed by atoms with van der Waals surface area (Å²) in [5.41, 5.74) is 14.4. The molecule has 0 unspecified atom stereocenters. The van der Waals surface area contributed by atoms with Crippen molar-refractivity contribution in [1.29, 1.82) is 0 Å². The Labute approximate surface area is 309 Å². The Morgan fingerprint density at radius 1 is 0.625 bits per heavy atom. The van der Waals surface area contributed by atoms with Crippen LogP contribution >= 0.6 is 35.3 Å². The molecule has 0 N–H and O–H groups in total. The first-order valence-electron chi connectivity index (χ1n) is 15.7. The van der Waals surface area contributed by atoms with Crippen LogP contribution in [0.2, 0.25) is 0 Å². The summed E-state index contributed by atoms with van der Waals surface area (Å²) < 4.78 is 2.99. The second kappa shape index (κ2) is 19.9. The number of rotatable bonds is 3. The second-order valence-corrected chi connectivity index (χ2v) is 18.4. The molecule has 3 aromatic carbocycles. The van der Waals surface area contributed by atoms with Gasteiger partial charge < -0.3 is 9.80 Å². The van der Waals surface area contributed by atoms with Crippen molar-refractivity contribution in [3.8, 4) is 0 Å². The summed E-state index contributed by atoms with van der Waals surface area (Å²) >= 11 is 1.72. The van der Waals surface area contributed by atoms with E-state index in [1.54, 1.807) is 24.8 Å². The molecule has 0 radical (unpaired) electrons. The predicted octanol–water partition coefficient (Wildman–Crippen LogP) is 11.3. The standard InChI is InChI=1S/C21H27N2.C7H6.C6H6BrN.C6H7N.2ClH.Ru/c1-14-9-16(3)20(17(4)10-14)22-7-8-23(13-22)21-18(5)11-15(2)12-19(21)6;1-7-5-3-2-4-6-7;1-5-2-3-8-4-6(5)7;1-6-2-4-7-5-3-6;;;/h9-13H,7-8H2,1-6H3;1-6H;2-4H,1H3;2-5H,1H3;2*1H;/q-1;;;;;;+2/p-2. The van der Waals surface area contributed by atoms with Crippen LogP contribution in [0.25, 0.3) is 0 Å². The van der Waals surface area contributed by atoms with Crippen molar-refractivity contribution in [2.24, 2.45) is 0 Å². The van der Waals surface area contributed by atoms with Crippen LogP contribution in [0.3, 0.4) is 0 Å². The Balaban J connectivity index is 0.000000204. The Bertz CT molecular complexity index is 1650. The average Bonchev–Trinajstić information content (AvgIpc) is 3.48. The van der Waals surface area contributed by atoms with E-state index in [4.69, 9.17) is 19.4 Å². The van der Waals surface area contributed by atoms with Gasteiger partial charge in [-0.3, -0.25) is 9.97 Å². The van der Waals surface area contributed by atoms with E-state index in [9.17, 15) is 0 Å². The van der Waals surface area contributed by atoms with Crippen molar-refractivity contribution in [3.05, 3.63) is 159 Å². The van der Waals surface area contributed by atoms with Crippen LogP contribution in [0.1, 0.15) is 50.1 Å². The SMILES string of the molecule is Cc1cc(C)c(N2[CH-]N(c3c(C)cc(C)cc3C)CC2)c(C)c1.Cc1ccncc1.Cc1ccncc1Br.[Cl][Ru]([Cl])=[CH]c1ccccc1. The van der Waals surface area contributed by atoms with Gasteiger partial charge in [-0.15, -0.1) is 0 Å². The fourth-order valence-corrected chi connectivity index (χ4v) is 7.65. The van der Waals surface area contributed by atoms with Gasteiger partial charge in [0, 0.05) is 53.7 Å². The molecule has 0 bridgehead atoms. The normalized spacial score (nSPS) is 12.1. The first-order chi connectivity index (χ1) is 22.8. The Morgan fingerprint density at radius 3 is 1.44 bits per heavy atom. The molecule has 0 amide bonds. The summed E-state index contributed by atoms with van der Waals surface area (Å²) in [5.74, 6) is 0. The summed E-state index contributed by atoms with van der Waals surface area (Å²) in [6.07, 6.45) is 7.14. The molecule has 1 fully saturated rings. The number of anilines is 2. The Morgan fingerprint density at radius 2 is 1.08 bits per heavy atom. The number of nitrogens with zero attached hydrogens (tertiary/aromatic N) is 4. The van der Waals surface area contributed by atoms with E-state index in [0.29, 0.717) is 0 Å². The maximum absolute atomic E-state index is 5.67. The van der Waals surface area contributed by atoms with E-state index in [2.05, 4.69) is 108 Å². The molecule has 2 aromatic heterocycles. The zero-order chi connectivity index (χ0) is 35.2. The molecule has 1 aliphatic rings. The van der Waals surface area contributed by atoms with E-state index >= 15 is 0 Å². The second-order valence-electron chi connectivity index (χ2n) is 11.9. The van der Waals surface area contributed by atoms with Gasteiger partial charge in [0.25, 0.3) is 0 Å². The van der Waals surface area contributed by atoms with E-state index in [1.165, 1.54) is 55.9 Å². The van der Waals surface area contributed by atoms with Crippen molar-refractivity contribution < 1.29 is 13.5 Å². The zero-order valence-corrected chi connectivity index (χ0v) is 33.9. The average molecular weight is 835 g/mol. The van der Waals surface area contributed by atoms with E-state index in [-0.39, 0.29) is 0 Å². The molecule has 3 heterocycles. The molecule has 6 rings (SSSR count). The maximum atomic E-state index is 5.67. The van der Waals surface area contributed by atoms with Gasteiger partial charge in [0.15, 0.2) is 0 Å². The fourth-order valence-electron chi connectivity index (χ4n) is 5.57. The third-order valence-electron chi connectivity index (χ3n) is 7.52. The first kappa shape index (κ1) is 39.6. The van der Waals surface area contributed by atoms with Gasteiger partial charge >= 0.3 is 73.4 Å². The molecule has 1 saturated heterocycles. The number of pyridine rings is 2. The van der Waals surface area contributed by atoms with Crippen LogP contribution in [-0.2, 0) is 13.5 Å². The van der Waals surface area contributed by atoms with E-state index in [1.807, 2.05) is 67.0 Å². The quantitative estimate of drug-likeness (QED) is 0.134. The Kier molecular flexibility index (Phi) is 16.4. The zero-order valence-electron chi connectivity index (χ0n) is 29.1. The molecule has 48 heavy (non-hydrogen) atoms. The van der Waals surface area contributed by atoms with Crippen LogP contribution < -0.4 is 9.80 Å². The molecule has 0 saturated carbocycles. The molecule has 0 atom stereocenters. The summed E-state index contributed by atoms with van der Waals surface area (Å²) in [7, 11) is 11.3. The van der Waals surface area contributed by atoms with Crippen molar-refractivity contribution >= 4 is 51.3 Å². The molecular formula is C40H46BrCl2N4Ru-. The molecule has 0 aliphatic carbocycles. The van der Waals surface area contributed by atoms with Gasteiger partial charge in [-0.25, -0.2) is 0 Å². The number of halogens is 3. The number of hydrogen-bond donors (Lipinski definition) is 0. The molecule has 4 nitrogen and oxygen atoms in total. The summed E-state index contributed by atoms with van der Waals surface area (Å²) in [6.45, 7) is 21.6. The molecule has 5 aromatic rings. The molecule has 8 heteroatoms. The Hall–Kier alpha value is -2.89.